The average Bonchev–Trinajstić information content (AvgIpc) is 3.16. The van der Waals surface area contributed by atoms with Crippen LogP contribution in [0.15, 0.2) is 30.6 Å². The molecule has 0 radical (unpaired) electrons. The van der Waals surface area contributed by atoms with E-state index in [0.717, 1.165) is 24.2 Å². The Labute approximate surface area is 160 Å². The second-order valence-electron chi connectivity index (χ2n) is 7.04. The van der Waals surface area contributed by atoms with Crippen LogP contribution in [-0.2, 0) is 11.3 Å². The Balaban J connectivity index is 1.89. The summed E-state index contributed by atoms with van der Waals surface area (Å²) >= 11 is 0. The first kappa shape index (κ1) is 19.7. The van der Waals surface area contributed by atoms with Gasteiger partial charge in [0.15, 0.2) is 11.5 Å². The number of benzene rings is 1. The Morgan fingerprint density at radius 2 is 2.04 bits per heavy atom. The molecule has 1 fully saturated rings. The predicted octanol–water partition coefficient (Wildman–Crippen LogP) is 2.42. The summed E-state index contributed by atoms with van der Waals surface area (Å²) in [6.07, 6.45) is 3.70. The molecule has 1 N–H and O–H groups in total. The number of nitrogens with zero attached hydrogens (tertiary/aromatic N) is 3. The lowest BCUT2D eigenvalue weighted by Crippen LogP contribution is -2.46. The Hall–Kier alpha value is -2.09. The molecule has 27 heavy (non-hydrogen) atoms. The van der Waals surface area contributed by atoms with Crippen LogP contribution in [0.3, 0.4) is 0 Å². The van der Waals surface area contributed by atoms with Gasteiger partial charge in [-0.3, -0.25) is 9.58 Å². The van der Waals surface area contributed by atoms with Gasteiger partial charge in [0, 0.05) is 30.9 Å². The molecule has 0 spiro atoms. The molecule has 1 aromatic heterocycles. The maximum absolute atomic E-state index is 9.89. The van der Waals surface area contributed by atoms with Gasteiger partial charge in [0.05, 0.1) is 39.7 Å². The van der Waals surface area contributed by atoms with Gasteiger partial charge in [0.1, 0.15) is 6.10 Å². The standard InChI is InChI=1S/C20H29N3O4/c1-14(2)23-12-15(10-21-23)11-22-7-8-27-19(13-24)20(22)16-5-6-17(25-3)18(9-16)26-4/h5-6,9-10,12,14,19-20,24H,7-8,11,13H2,1-4H3/t19-,20-/m1/s1. The molecular formula is C20H29N3O4. The maximum Gasteiger partial charge on any atom is 0.161 e. The zero-order valence-corrected chi connectivity index (χ0v) is 16.5. The highest BCUT2D eigenvalue weighted by Crippen LogP contribution is 2.36. The molecule has 2 atom stereocenters. The molecule has 0 saturated carbocycles. The molecule has 1 saturated heterocycles. The van der Waals surface area contributed by atoms with Crippen LogP contribution in [0.5, 0.6) is 11.5 Å². The number of ether oxygens (including phenoxy) is 3. The number of aliphatic hydroxyl groups is 1. The van der Waals surface area contributed by atoms with E-state index >= 15 is 0 Å². The van der Waals surface area contributed by atoms with E-state index in [1.807, 2.05) is 29.1 Å². The molecule has 7 nitrogen and oxygen atoms in total. The van der Waals surface area contributed by atoms with Crippen LogP contribution in [-0.4, -0.2) is 59.9 Å². The lowest BCUT2D eigenvalue weighted by molar-refractivity contribution is -0.0961. The van der Waals surface area contributed by atoms with E-state index in [0.29, 0.717) is 24.1 Å². The number of rotatable bonds is 7. The van der Waals surface area contributed by atoms with Crippen molar-refractivity contribution in [3.63, 3.8) is 0 Å². The highest BCUT2D eigenvalue weighted by molar-refractivity contribution is 5.44. The van der Waals surface area contributed by atoms with Crippen molar-refractivity contribution in [2.75, 3.05) is 34.0 Å². The van der Waals surface area contributed by atoms with E-state index in [1.54, 1.807) is 14.2 Å². The zero-order valence-electron chi connectivity index (χ0n) is 16.5. The SMILES string of the molecule is COc1ccc([C@@H]2[C@@H](CO)OCCN2Cc2cnn(C(C)C)c2)cc1OC. The second-order valence-corrected chi connectivity index (χ2v) is 7.04. The third-order valence-electron chi connectivity index (χ3n) is 4.95. The first-order valence-electron chi connectivity index (χ1n) is 9.28. The summed E-state index contributed by atoms with van der Waals surface area (Å²) in [6, 6.07) is 6.12. The molecule has 1 aliphatic heterocycles. The van der Waals surface area contributed by atoms with Gasteiger partial charge in [-0.25, -0.2) is 0 Å². The third kappa shape index (κ3) is 4.26. The van der Waals surface area contributed by atoms with Gasteiger partial charge in [-0.1, -0.05) is 6.07 Å². The maximum atomic E-state index is 9.89. The number of hydrogen-bond acceptors (Lipinski definition) is 6. The van der Waals surface area contributed by atoms with Crippen LogP contribution in [0.1, 0.15) is 37.1 Å². The van der Waals surface area contributed by atoms with E-state index in [2.05, 4.69) is 30.0 Å². The van der Waals surface area contributed by atoms with Crippen LogP contribution in [0.2, 0.25) is 0 Å². The van der Waals surface area contributed by atoms with Crippen molar-refractivity contribution in [2.24, 2.45) is 0 Å². The molecule has 7 heteroatoms. The summed E-state index contributed by atoms with van der Waals surface area (Å²) in [6.45, 7) is 6.29. The first-order chi connectivity index (χ1) is 13.1. The fourth-order valence-corrected chi connectivity index (χ4v) is 3.55. The van der Waals surface area contributed by atoms with Gasteiger partial charge in [0.25, 0.3) is 0 Å². The van der Waals surface area contributed by atoms with Crippen LogP contribution in [0.4, 0.5) is 0 Å². The molecule has 0 amide bonds. The fraction of sp³-hybridized carbons (Fsp3) is 0.550. The minimum Gasteiger partial charge on any atom is -0.493 e. The summed E-state index contributed by atoms with van der Waals surface area (Å²) in [5.74, 6) is 1.35. The predicted molar refractivity (Wildman–Crippen MR) is 102 cm³/mol. The van der Waals surface area contributed by atoms with Gasteiger partial charge in [-0.05, 0) is 31.5 Å². The van der Waals surface area contributed by atoms with Gasteiger partial charge >= 0.3 is 0 Å². The monoisotopic (exact) mass is 375 g/mol. The van der Waals surface area contributed by atoms with E-state index in [1.165, 1.54) is 0 Å². The van der Waals surface area contributed by atoms with Crippen molar-refractivity contribution in [3.8, 4) is 11.5 Å². The Bertz CT molecular complexity index is 747. The zero-order chi connectivity index (χ0) is 19.4. The Kier molecular flexibility index (Phi) is 6.36. The van der Waals surface area contributed by atoms with Crippen LogP contribution >= 0.6 is 0 Å². The van der Waals surface area contributed by atoms with Crippen molar-refractivity contribution in [3.05, 3.63) is 41.7 Å². The summed E-state index contributed by atoms with van der Waals surface area (Å²) in [5.41, 5.74) is 2.18. The van der Waals surface area contributed by atoms with Gasteiger partial charge in [0.2, 0.25) is 0 Å². The topological polar surface area (TPSA) is 69.0 Å². The molecule has 0 aliphatic carbocycles. The van der Waals surface area contributed by atoms with Crippen molar-refractivity contribution in [2.45, 2.75) is 38.6 Å². The van der Waals surface area contributed by atoms with Crippen LogP contribution in [0.25, 0.3) is 0 Å². The lowest BCUT2D eigenvalue weighted by Gasteiger charge is -2.41. The number of hydrogen-bond donors (Lipinski definition) is 1. The summed E-state index contributed by atoms with van der Waals surface area (Å²) in [5, 5.41) is 14.3. The Morgan fingerprint density at radius 3 is 2.67 bits per heavy atom. The van der Waals surface area contributed by atoms with Crippen molar-refractivity contribution in [1.82, 2.24) is 14.7 Å². The van der Waals surface area contributed by atoms with E-state index in [9.17, 15) is 5.11 Å². The highest BCUT2D eigenvalue weighted by Gasteiger charge is 2.34. The second kappa shape index (κ2) is 8.73. The third-order valence-corrected chi connectivity index (χ3v) is 4.95. The molecule has 2 aromatic rings. The van der Waals surface area contributed by atoms with Gasteiger partial charge in [-0.2, -0.15) is 5.10 Å². The number of aromatic nitrogens is 2. The summed E-state index contributed by atoms with van der Waals surface area (Å²) in [7, 11) is 3.25. The average molecular weight is 375 g/mol. The molecule has 0 unspecified atom stereocenters. The van der Waals surface area contributed by atoms with Crippen LogP contribution in [0, 0.1) is 0 Å². The minimum atomic E-state index is -0.294. The molecule has 0 bridgehead atoms. The van der Waals surface area contributed by atoms with Gasteiger partial charge < -0.3 is 19.3 Å². The number of methoxy groups -OCH3 is 2. The van der Waals surface area contributed by atoms with Gasteiger partial charge in [-0.15, -0.1) is 0 Å². The van der Waals surface area contributed by atoms with Crippen LogP contribution < -0.4 is 9.47 Å². The highest BCUT2D eigenvalue weighted by atomic mass is 16.5. The quantitative estimate of drug-likeness (QED) is 0.802. The smallest absolute Gasteiger partial charge is 0.161 e. The molecule has 3 rings (SSSR count). The Morgan fingerprint density at radius 1 is 1.26 bits per heavy atom. The molecular weight excluding hydrogens is 346 g/mol. The van der Waals surface area contributed by atoms with Crippen molar-refractivity contribution >= 4 is 0 Å². The lowest BCUT2D eigenvalue weighted by atomic mass is 9.97. The molecule has 1 aliphatic rings. The largest absolute Gasteiger partial charge is 0.493 e. The number of morpholine rings is 1. The first-order valence-corrected chi connectivity index (χ1v) is 9.28. The van der Waals surface area contributed by atoms with E-state index in [4.69, 9.17) is 14.2 Å². The summed E-state index contributed by atoms with van der Waals surface area (Å²) < 4.78 is 18.6. The minimum absolute atomic E-state index is 0.0409. The van der Waals surface area contributed by atoms with E-state index in [-0.39, 0.29) is 18.8 Å². The normalized spacial score (nSPS) is 20.8. The van der Waals surface area contributed by atoms with Crippen molar-refractivity contribution in [1.29, 1.82) is 0 Å². The van der Waals surface area contributed by atoms with E-state index < -0.39 is 0 Å². The molecule has 2 heterocycles. The molecule has 148 valence electrons. The summed E-state index contributed by atoms with van der Waals surface area (Å²) in [4.78, 5) is 2.33. The van der Waals surface area contributed by atoms with Crippen molar-refractivity contribution < 1.29 is 19.3 Å². The fourth-order valence-electron chi connectivity index (χ4n) is 3.55. The molecule has 1 aromatic carbocycles. The number of aliphatic hydroxyl groups excluding tert-OH is 1.